The van der Waals surface area contributed by atoms with Gasteiger partial charge in [0.1, 0.15) is 30.5 Å². The SMILES string of the molecule is CCCCCCCCCCCCCCCCCCC(O)C(COC1OC(CO)C(O)C(O)C1O)NC(=O)C(O)CCCCCCCCCCCCCCC. The average Bonchev–Trinajstić information content (AvgIpc) is 3.17. The van der Waals surface area contributed by atoms with E-state index in [2.05, 4.69) is 19.2 Å². The van der Waals surface area contributed by atoms with Crippen molar-refractivity contribution in [1.29, 1.82) is 0 Å². The molecular weight excluding hydrogens is 686 g/mol. The van der Waals surface area contributed by atoms with Crippen LogP contribution in [0.5, 0.6) is 0 Å². The van der Waals surface area contributed by atoms with E-state index in [9.17, 15) is 35.4 Å². The van der Waals surface area contributed by atoms with Crippen molar-refractivity contribution in [3.63, 3.8) is 0 Å². The highest BCUT2D eigenvalue weighted by Gasteiger charge is 2.44. The van der Waals surface area contributed by atoms with Gasteiger partial charge in [0.15, 0.2) is 6.29 Å². The molecule has 0 aliphatic carbocycles. The summed E-state index contributed by atoms with van der Waals surface area (Å²) in [5.41, 5.74) is 0. The highest BCUT2D eigenvalue weighted by Crippen LogP contribution is 2.23. The summed E-state index contributed by atoms with van der Waals surface area (Å²) >= 11 is 0. The first kappa shape index (κ1) is 51.2. The van der Waals surface area contributed by atoms with Gasteiger partial charge >= 0.3 is 0 Å². The third-order valence-electron chi connectivity index (χ3n) is 11.3. The van der Waals surface area contributed by atoms with Crippen molar-refractivity contribution >= 4 is 5.91 Å². The Balaban J connectivity index is 2.39. The highest BCUT2D eigenvalue weighted by molar-refractivity contribution is 5.80. The zero-order valence-electron chi connectivity index (χ0n) is 34.9. The van der Waals surface area contributed by atoms with Gasteiger partial charge in [-0.2, -0.15) is 0 Å². The highest BCUT2D eigenvalue weighted by atomic mass is 16.7. The fourth-order valence-electron chi connectivity index (χ4n) is 7.52. The van der Waals surface area contributed by atoms with Gasteiger partial charge in [-0.15, -0.1) is 0 Å². The van der Waals surface area contributed by atoms with E-state index in [1.807, 2.05) is 0 Å². The van der Waals surface area contributed by atoms with Gasteiger partial charge in [-0.05, 0) is 12.8 Å². The molecule has 0 radical (unpaired) electrons. The molecule has 10 nitrogen and oxygen atoms in total. The van der Waals surface area contributed by atoms with E-state index in [1.54, 1.807) is 0 Å². The summed E-state index contributed by atoms with van der Waals surface area (Å²) in [6.45, 7) is 3.67. The van der Waals surface area contributed by atoms with E-state index in [1.165, 1.54) is 148 Å². The third-order valence-corrected chi connectivity index (χ3v) is 11.3. The van der Waals surface area contributed by atoms with E-state index < -0.39 is 61.5 Å². The van der Waals surface area contributed by atoms with Crippen molar-refractivity contribution in [1.82, 2.24) is 5.32 Å². The number of aliphatic hydroxyl groups is 6. The van der Waals surface area contributed by atoms with Gasteiger partial charge in [-0.1, -0.05) is 200 Å². The van der Waals surface area contributed by atoms with Crippen molar-refractivity contribution < 1.29 is 44.9 Å². The van der Waals surface area contributed by atoms with E-state index in [-0.39, 0.29) is 6.61 Å². The molecule has 8 unspecified atom stereocenters. The lowest BCUT2D eigenvalue weighted by molar-refractivity contribution is -0.302. The lowest BCUT2D eigenvalue weighted by Gasteiger charge is -2.40. The van der Waals surface area contributed by atoms with Crippen molar-refractivity contribution in [2.75, 3.05) is 13.2 Å². The Bertz CT molecular complexity index is 834. The number of hydrogen-bond acceptors (Lipinski definition) is 9. The quantitative estimate of drug-likeness (QED) is 0.0306. The Labute approximate surface area is 330 Å². The summed E-state index contributed by atoms with van der Waals surface area (Å²) in [6.07, 6.45) is 27.2. The molecule has 0 spiro atoms. The van der Waals surface area contributed by atoms with Crippen LogP contribution < -0.4 is 5.32 Å². The fourth-order valence-corrected chi connectivity index (χ4v) is 7.52. The lowest BCUT2D eigenvalue weighted by Crippen LogP contribution is -2.60. The Hall–Kier alpha value is -0.850. The number of amides is 1. The van der Waals surface area contributed by atoms with Crippen molar-refractivity contribution in [3.8, 4) is 0 Å². The van der Waals surface area contributed by atoms with Gasteiger partial charge in [0, 0.05) is 0 Å². The number of carbonyl (C=O) groups is 1. The first-order chi connectivity index (χ1) is 26.3. The molecule has 0 saturated carbocycles. The largest absolute Gasteiger partial charge is 0.394 e. The van der Waals surface area contributed by atoms with Crippen LogP contribution in [0.25, 0.3) is 0 Å². The Morgan fingerprint density at radius 1 is 0.556 bits per heavy atom. The Morgan fingerprint density at radius 3 is 1.31 bits per heavy atom. The minimum absolute atomic E-state index is 0.250. The van der Waals surface area contributed by atoms with E-state index in [4.69, 9.17) is 9.47 Å². The zero-order valence-corrected chi connectivity index (χ0v) is 34.9. The molecule has 1 fully saturated rings. The van der Waals surface area contributed by atoms with Crippen LogP contribution in [-0.2, 0) is 14.3 Å². The summed E-state index contributed by atoms with van der Waals surface area (Å²) in [7, 11) is 0. The Kier molecular flexibility index (Phi) is 33.5. The molecular formula is C44H87NO9. The van der Waals surface area contributed by atoms with Crippen molar-refractivity contribution in [2.45, 2.75) is 262 Å². The van der Waals surface area contributed by atoms with Crippen LogP contribution in [0.2, 0.25) is 0 Å². The molecule has 1 amide bonds. The van der Waals surface area contributed by atoms with Crippen LogP contribution in [0.4, 0.5) is 0 Å². The summed E-state index contributed by atoms with van der Waals surface area (Å²) in [6, 6.07) is -0.887. The second-order valence-electron chi connectivity index (χ2n) is 16.4. The topological polar surface area (TPSA) is 169 Å². The minimum Gasteiger partial charge on any atom is -0.394 e. The molecule has 322 valence electrons. The van der Waals surface area contributed by atoms with Crippen molar-refractivity contribution in [3.05, 3.63) is 0 Å². The van der Waals surface area contributed by atoms with Gasteiger partial charge in [0.05, 0.1) is 25.4 Å². The van der Waals surface area contributed by atoms with Crippen LogP contribution in [0.1, 0.15) is 213 Å². The summed E-state index contributed by atoms with van der Waals surface area (Å²) < 4.78 is 11.2. The van der Waals surface area contributed by atoms with E-state index in [0.29, 0.717) is 12.8 Å². The van der Waals surface area contributed by atoms with Gasteiger partial charge in [-0.3, -0.25) is 4.79 Å². The fraction of sp³-hybridized carbons (Fsp3) is 0.977. The standard InChI is InChI=1S/C44H87NO9/c1-3-5-7-9-11-13-15-17-18-19-21-22-24-26-28-30-32-37(47)36(35-53-44-42(51)41(50)40(49)39(34-46)54-44)45-43(52)38(48)33-31-29-27-25-23-20-16-14-12-10-8-6-4-2/h36-42,44,46-51H,3-35H2,1-2H3,(H,45,52). The monoisotopic (exact) mass is 774 g/mol. The van der Waals surface area contributed by atoms with Crippen LogP contribution in [-0.4, -0.2) is 98.7 Å². The molecule has 1 aliphatic rings. The van der Waals surface area contributed by atoms with Gasteiger partial charge < -0.3 is 45.4 Å². The van der Waals surface area contributed by atoms with Crippen LogP contribution >= 0.6 is 0 Å². The molecule has 7 N–H and O–H groups in total. The van der Waals surface area contributed by atoms with E-state index >= 15 is 0 Å². The minimum atomic E-state index is -1.59. The summed E-state index contributed by atoms with van der Waals surface area (Å²) in [5.74, 6) is -0.581. The maximum Gasteiger partial charge on any atom is 0.249 e. The molecule has 0 bridgehead atoms. The van der Waals surface area contributed by atoms with Gasteiger partial charge in [-0.25, -0.2) is 0 Å². The average molecular weight is 774 g/mol. The van der Waals surface area contributed by atoms with Crippen LogP contribution in [0.3, 0.4) is 0 Å². The molecule has 1 rings (SSSR count). The number of rotatable bonds is 38. The lowest BCUT2D eigenvalue weighted by atomic mass is 9.99. The molecule has 8 atom stereocenters. The van der Waals surface area contributed by atoms with E-state index in [0.717, 1.165) is 38.5 Å². The maximum absolute atomic E-state index is 13.0. The summed E-state index contributed by atoms with van der Waals surface area (Å²) in [5, 5.41) is 64.8. The van der Waals surface area contributed by atoms with Crippen molar-refractivity contribution in [2.24, 2.45) is 0 Å². The first-order valence-corrected chi connectivity index (χ1v) is 22.8. The van der Waals surface area contributed by atoms with Crippen LogP contribution in [0.15, 0.2) is 0 Å². The van der Waals surface area contributed by atoms with Gasteiger partial charge in [0.25, 0.3) is 0 Å². The Morgan fingerprint density at radius 2 is 0.926 bits per heavy atom. The van der Waals surface area contributed by atoms with Gasteiger partial charge in [0.2, 0.25) is 5.91 Å². The molecule has 1 saturated heterocycles. The second-order valence-corrected chi connectivity index (χ2v) is 16.4. The normalized spacial score (nSPS) is 22.0. The predicted molar refractivity (Wildman–Crippen MR) is 218 cm³/mol. The van der Waals surface area contributed by atoms with Crippen LogP contribution in [0, 0.1) is 0 Å². The zero-order chi connectivity index (χ0) is 39.7. The number of unbranched alkanes of at least 4 members (excludes halogenated alkanes) is 27. The molecule has 0 aromatic rings. The molecule has 0 aromatic heterocycles. The first-order valence-electron chi connectivity index (χ1n) is 22.8. The summed E-state index contributed by atoms with van der Waals surface area (Å²) in [4.78, 5) is 13.0. The second kappa shape index (κ2) is 35.3. The molecule has 1 heterocycles. The molecule has 0 aromatic carbocycles. The number of aliphatic hydroxyl groups excluding tert-OH is 6. The predicted octanol–water partition coefficient (Wildman–Crippen LogP) is 8.14. The maximum atomic E-state index is 13.0. The molecule has 54 heavy (non-hydrogen) atoms. The third kappa shape index (κ3) is 25.4. The number of nitrogens with one attached hydrogen (secondary N) is 1. The molecule has 1 aliphatic heterocycles. The number of carbonyl (C=O) groups excluding carboxylic acids is 1. The smallest absolute Gasteiger partial charge is 0.249 e. The number of hydrogen-bond donors (Lipinski definition) is 7. The molecule has 10 heteroatoms. The number of ether oxygens (including phenoxy) is 2.